The fourth-order valence-corrected chi connectivity index (χ4v) is 2.83. The zero-order chi connectivity index (χ0) is 8.55. The predicted octanol–water partition coefficient (Wildman–Crippen LogP) is 1.70. The lowest BCUT2D eigenvalue weighted by Gasteiger charge is -2.32. The van der Waals surface area contributed by atoms with Crippen LogP contribution in [0.2, 0.25) is 0 Å². The van der Waals surface area contributed by atoms with Gasteiger partial charge in [0.15, 0.2) is 0 Å². The molecule has 4 atom stereocenters. The first-order valence-electron chi connectivity index (χ1n) is 4.89. The quantitative estimate of drug-likeness (QED) is 0.593. The van der Waals surface area contributed by atoms with Crippen LogP contribution in [0.1, 0.15) is 32.1 Å². The number of hydrogen-bond donors (Lipinski definition) is 1. The number of nitrogens with zero attached hydrogens (tertiary/aromatic N) is 1. The van der Waals surface area contributed by atoms with Crippen LogP contribution in [0.5, 0.6) is 0 Å². The summed E-state index contributed by atoms with van der Waals surface area (Å²) in [7, 11) is 0. The Bertz CT molecular complexity index is 208. The lowest BCUT2D eigenvalue weighted by Crippen LogP contribution is -2.32. The Labute approximate surface area is 73.2 Å². The van der Waals surface area contributed by atoms with E-state index in [2.05, 4.69) is 6.07 Å². The molecular weight excluding hydrogens is 150 g/mol. The molecule has 0 aromatic carbocycles. The van der Waals surface area contributed by atoms with Crippen molar-refractivity contribution in [2.24, 2.45) is 17.8 Å². The Balaban J connectivity index is 2.04. The van der Waals surface area contributed by atoms with Crippen LogP contribution in [0.15, 0.2) is 0 Å². The van der Waals surface area contributed by atoms with Gasteiger partial charge in [-0.15, -0.1) is 0 Å². The second-order valence-corrected chi connectivity index (χ2v) is 4.23. The minimum Gasteiger partial charge on any atom is -0.392 e. The summed E-state index contributed by atoms with van der Waals surface area (Å²) in [4.78, 5) is 0. The summed E-state index contributed by atoms with van der Waals surface area (Å²) in [5.74, 6) is 1.40. The minimum atomic E-state index is -0.339. The van der Waals surface area contributed by atoms with Crippen molar-refractivity contribution in [2.45, 2.75) is 38.2 Å². The van der Waals surface area contributed by atoms with Crippen molar-refractivity contribution < 1.29 is 5.11 Å². The molecule has 0 spiro atoms. The molecule has 2 aliphatic carbocycles. The molecule has 0 bridgehead atoms. The van der Waals surface area contributed by atoms with E-state index < -0.39 is 0 Å². The topological polar surface area (TPSA) is 44.0 Å². The number of hydrogen-bond acceptors (Lipinski definition) is 2. The normalized spacial score (nSPS) is 46.7. The average molecular weight is 165 g/mol. The third-order valence-corrected chi connectivity index (χ3v) is 3.55. The molecule has 0 saturated heterocycles. The lowest BCUT2D eigenvalue weighted by molar-refractivity contribution is 0.0484. The molecule has 0 heterocycles. The second-order valence-electron chi connectivity index (χ2n) is 4.23. The first-order chi connectivity index (χ1) is 5.81. The first kappa shape index (κ1) is 8.07. The fourth-order valence-electron chi connectivity index (χ4n) is 2.83. The van der Waals surface area contributed by atoms with Crippen LogP contribution in [0.25, 0.3) is 0 Å². The molecule has 0 aromatic rings. The maximum absolute atomic E-state index is 9.59. The molecule has 4 unspecified atom stereocenters. The Kier molecular flexibility index (Phi) is 2.06. The van der Waals surface area contributed by atoms with Gasteiger partial charge in [0.1, 0.15) is 0 Å². The molecular formula is C10H15NO. The third kappa shape index (κ3) is 1.23. The van der Waals surface area contributed by atoms with E-state index >= 15 is 0 Å². The number of aliphatic hydroxyl groups is 1. The van der Waals surface area contributed by atoms with E-state index in [1.165, 1.54) is 19.3 Å². The Hall–Kier alpha value is -0.550. The molecule has 0 aromatic heterocycles. The van der Waals surface area contributed by atoms with Crippen molar-refractivity contribution in [3.8, 4) is 6.07 Å². The van der Waals surface area contributed by atoms with Gasteiger partial charge in [0.05, 0.1) is 18.1 Å². The fraction of sp³-hybridized carbons (Fsp3) is 0.900. The van der Waals surface area contributed by atoms with Crippen molar-refractivity contribution in [1.82, 2.24) is 0 Å². The summed E-state index contributed by atoms with van der Waals surface area (Å²) in [6.45, 7) is 0. The highest BCUT2D eigenvalue weighted by Crippen LogP contribution is 2.43. The van der Waals surface area contributed by atoms with Gasteiger partial charge >= 0.3 is 0 Å². The van der Waals surface area contributed by atoms with Gasteiger partial charge < -0.3 is 5.11 Å². The van der Waals surface area contributed by atoms with E-state index in [0.717, 1.165) is 24.7 Å². The lowest BCUT2D eigenvalue weighted by atomic mass is 9.75. The first-order valence-corrected chi connectivity index (χ1v) is 4.89. The molecule has 12 heavy (non-hydrogen) atoms. The molecule has 2 saturated carbocycles. The molecule has 1 N–H and O–H groups in total. The highest BCUT2D eigenvalue weighted by atomic mass is 16.3. The largest absolute Gasteiger partial charge is 0.392 e. The van der Waals surface area contributed by atoms with E-state index in [9.17, 15) is 5.11 Å². The summed E-state index contributed by atoms with van der Waals surface area (Å²) in [6, 6.07) is 2.22. The van der Waals surface area contributed by atoms with Gasteiger partial charge in [-0.05, 0) is 24.7 Å². The SMILES string of the molecule is N#CC1CC2CCCC2CC1O. The second kappa shape index (κ2) is 3.06. The van der Waals surface area contributed by atoms with E-state index in [-0.39, 0.29) is 12.0 Å². The van der Waals surface area contributed by atoms with Gasteiger partial charge in [-0.1, -0.05) is 19.3 Å². The summed E-state index contributed by atoms with van der Waals surface area (Å²) in [6.07, 6.45) is 5.36. The van der Waals surface area contributed by atoms with Crippen LogP contribution < -0.4 is 0 Å². The monoisotopic (exact) mass is 165 g/mol. The summed E-state index contributed by atoms with van der Waals surface area (Å²) in [5.41, 5.74) is 0. The van der Waals surface area contributed by atoms with Gasteiger partial charge in [-0.25, -0.2) is 0 Å². The molecule has 2 fully saturated rings. The molecule has 2 nitrogen and oxygen atoms in total. The minimum absolute atomic E-state index is 0.0793. The van der Waals surface area contributed by atoms with Crippen LogP contribution in [-0.2, 0) is 0 Å². The van der Waals surface area contributed by atoms with Crippen molar-refractivity contribution in [3.05, 3.63) is 0 Å². The molecule has 2 aliphatic rings. The van der Waals surface area contributed by atoms with Crippen LogP contribution in [-0.4, -0.2) is 11.2 Å². The number of rotatable bonds is 0. The van der Waals surface area contributed by atoms with Crippen LogP contribution in [0.3, 0.4) is 0 Å². The predicted molar refractivity (Wildman–Crippen MR) is 45.2 cm³/mol. The van der Waals surface area contributed by atoms with Crippen LogP contribution >= 0.6 is 0 Å². The highest BCUT2D eigenvalue weighted by molar-refractivity contribution is 4.97. The van der Waals surface area contributed by atoms with Gasteiger partial charge in [-0.2, -0.15) is 5.26 Å². The zero-order valence-electron chi connectivity index (χ0n) is 7.24. The van der Waals surface area contributed by atoms with Gasteiger partial charge in [0.25, 0.3) is 0 Å². The number of fused-ring (bicyclic) bond motifs is 1. The summed E-state index contributed by atoms with van der Waals surface area (Å²) >= 11 is 0. The van der Waals surface area contributed by atoms with Gasteiger partial charge in [-0.3, -0.25) is 0 Å². The molecule has 66 valence electrons. The van der Waals surface area contributed by atoms with Crippen LogP contribution in [0.4, 0.5) is 0 Å². The van der Waals surface area contributed by atoms with E-state index in [0.29, 0.717) is 0 Å². The van der Waals surface area contributed by atoms with E-state index in [4.69, 9.17) is 5.26 Å². The smallest absolute Gasteiger partial charge is 0.0725 e. The highest BCUT2D eigenvalue weighted by Gasteiger charge is 2.38. The van der Waals surface area contributed by atoms with Crippen molar-refractivity contribution in [1.29, 1.82) is 5.26 Å². The van der Waals surface area contributed by atoms with Crippen molar-refractivity contribution in [3.63, 3.8) is 0 Å². The molecule has 2 heteroatoms. The molecule has 2 rings (SSSR count). The number of nitriles is 1. The zero-order valence-corrected chi connectivity index (χ0v) is 7.24. The van der Waals surface area contributed by atoms with E-state index in [1.807, 2.05) is 0 Å². The maximum Gasteiger partial charge on any atom is 0.0725 e. The van der Waals surface area contributed by atoms with Gasteiger partial charge in [0, 0.05) is 0 Å². The summed E-state index contributed by atoms with van der Waals surface area (Å²) in [5, 5.41) is 18.4. The van der Waals surface area contributed by atoms with Crippen LogP contribution in [0, 0.1) is 29.1 Å². The Morgan fingerprint density at radius 3 is 2.50 bits per heavy atom. The van der Waals surface area contributed by atoms with E-state index in [1.54, 1.807) is 0 Å². The van der Waals surface area contributed by atoms with Gasteiger partial charge in [0.2, 0.25) is 0 Å². The average Bonchev–Trinajstić information content (AvgIpc) is 2.49. The number of aliphatic hydroxyl groups excluding tert-OH is 1. The molecule has 0 amide bonds. The summed E-state index contributed by atoms with van der Waals surface area (Å²) < 4.78 is 0. The Morgan fingerprint density at radius 2 is 1.83 bits per heavy atom. The van der Waals surface area contributed by atoms with Crippen molar-refractivity contribution in [2.75, 3.05) is 0 Å². The third-order valence-electron chi connectivity index (χ3n) is 3.55. The maximum atomic E-state index is 9.59. The molecule has 0 radical (unpaired) electrons. The molecule has 0 aliphatic heterocycles. The Morgan fingerprint density at radius 1 is 1.17 bits per heavy atom. The van der Waals surface area contributed by atoms with Crippen molar-refractivity contribution >= 4 is 0 Å². The standard InChI is InChI=1S/C10H15NO/c11-6-9-4-7-2-1-3-8(7)5-10(9)12/h7-10,12H,1-5H2.